The Balaban J connectivity index is 2.04. The SMILES string of the molecule is COC(=O)C1CCCN1S(=O)(=O)CCc1ccccn1. The fraction of sp³-hybridized carbons (Fsp3) is 0.538. The van der Waals surface area contributed by atoms with Crippen molar-refractivity contribution in [3.05, 3.63) is 30.1 Å². The molecular formula is C13H18N2O4S. The topological polar surface area (TPSA) is 76.6 Å². The number of esters is 1. The third-order valence-corrected chi connectivity index (χ3v) is 5.25. The summed E-state index contributed by atoms with van der Waals surface area (Å²) in [5.74, 6) is -0.527. The Labute approximate surface area is 118 Å². The van der Waals surface area contributed by atoms with Gasteiger partial charge < -0.3 is 4.74 Å². The van der Waals surface area contributed by atoms with E-state index >= 15 is 0 Å². The second kappa shape index (κ2) is 6.32. The Kier molecular flexibility index (Phi) is 4.72. The van der Waals surface area contributed by atoms with Crippen molar-refractivity contribution in [2.45, 2.75) is 25.3 Å². The van der Waals surface area contributed by atoms with Gasteiger partial charge in [-0.05, 0) is 25.0 Å². The normalized spacial score (nSPS) is 19.9. The van der Waals surface area contributed by atoms with E-state index in [1.807, 2.05) is 6.07 Å². The summed E-state index contributed by atoms with van der Waals surface area (Å²) in [7, 11) is -2.19. The average Bonchev–Trinajstić information content (AvgIpc) is 2.96. The second-order valence-electron chi connectivity index (χ2n) is 4.68. The van der Waals surface area contributed by atoms with Crippen LogP contribution in [0.1, 0.15) is 18.5 Å². The van der Waals surface area contributed by atoms with Crippen LogP contribution in [0.3, 0.4) is 0 Å². The molecule has 0 N–H and O–H groups in total. The fourth-order valence-electron chi connectivity index (χ4n) is 2.34. The number of hydrogen-bond donors (Lipinski definition) is 0. The molecule has 6 nitrogen and oxygen atoms in total. The largest absolute Gasteiger partial charge is 0.468 e. The molecule has 0 bridgehead atoms. The minimum absolute atomic E-state index is 0.0441. The van der Waals surface area contributed by atoms with E-state index in [0.29, 0.717) is 25.8 Å². The fourth-order valence-corrected chi connectivity index (χ4v) is 4.03. The smallest absolute Gasteiger partial charge is 0.324 e. The highest BCUT2D eigenvalue weighted by molar-refractivity contribution is 7.89. The van der Waals surface area contributed by atoms with Crippen molar-refractivity contribution in [2.75, 3.05) is 19.4 Å². The zero-order chi connectivity index (χ0) is 14.6. The van der Waals surface area contributed by atoms with E-state index in [4.69, 9.17) is 0 Å². The van der Waals surface area contributed by atoms with Crippen LogP contribution in [0, 0.1) is 0 Å². The first kappa shape index (κ1) is 14.9. The molecule has 1 aliphatic heterocycles. The number of sulfonamides is 1. The van der Waals surface area contributed by atoms with Crippen LogP contribution in [-0.2, 0) is 26.0 Å². The quantitative estimate of drug-likeness (QED) is 0.744. The summed E-state index contributed by atoms with van der Waals surface area (Å²) in [4.78, 5) is 15.7. The van der Waals surface area contributed by atoms with Gasteiger partial charge in [-0.2, -0.15) is 4.31 Å². The molecule has 7 heteroatoms. The molecular weight excluding hydrogens is 280 g/mol. The lowest BCUT2D eigenvalue weighted by Gasteiger charge is -2.21. The van der Waals surface area contributed by atoms with Gasteiger partial charge in [0.1, 0.15) is 6.04 Å². The molecule has 1 aromatic heterocycles. The van der Waals surface area contributed by atoms with E-state index in [1.165, 1.54) is 11.4 Å². The van der Waals surface area contributed by atoms with Crippen LogP contribution in [0.2, 0.25) is 0 Å². The predicted octanol–water partition coefficient (Wildman–Crippen LogP) is 0.591. The number of methoxy groups -OCH3 is 1. The first-order valence-corrected chi connectivity index (χ1v) is 8.13. The van der Waals surface area contributed by atoms with Gasteiger partial charge in [-0.3, -0.25) is 9.78 Å². The van der Waals surface area contributed by atoms with Crippen LogP contribution in [-0.4, -0.2) is 49.1 Å². The number of nitrogens with zero attached hydrogens (tertiary/aromatic N) is 2. The number of hydrogen-bond acceptors (Lipinski definition) is 5. The monoisotopic (exact) mass is 298 g/mol. The molecule has 0 amide bonds. The number of aryl methyl sites for hydroxylation is 1. The molecule has 20 heavy (non-hydrogen) atoms. The van der Waals surface area contributed by atoms with Gasteiger partial charge in [0, 0.05) is 24.9 Å². The van der Waals surface area contributed by atoms with Gasteiger partial charge in [-0.1, -0.05) is 6.07 Å². The lowest BCUT2D eigenvalue weighted by atomic mass is 10.2. The van der Waals surface area contributed by atoms with Crippen LogP contribution in [0.25, 0.3) is 0 Å². The molecule has 2 heterocycles. The molecule has 1 atom stereocenters. The zero-order valence-electron chi connectivity index (χ0n) is 11.4. The van der Waals surface area contributed by atoms with Gasteiger partial charge >= 0.3 is 5.97 Å². The van der Waals surface area contributed by atoms with E-state index in [1.54, 1.807) is 18.3 Å². The molecule has 110 valence electrons. The summed E-state index contributed by atoms with van der Waals surface area (Å²) in [6.07, 6.45) is 3.18. The van der Waals surface area contributed by atoms with E-state index < -0.39 is 22.0 Å². The van der Waals surface area contributed by atoms with Crippen molar-refractivity contribution >= 4 is 16.0 Å². The van der Waals surface area contributed by atoms with Crippen molar-refractivity contribution in [1.29, 1.82) is 0 Å². The first-order chi connectivity index (χ1) is 9.54. The summed E-state index contributed by atoms with van der Waals surface area (Å²) in [6.45, 7) is 0.379. The zero-order valence-corrected chi connectivity index (χ0v) is 12.2. The van der Waals surface area contributed by atoms with Gasteiger partial charge in [-0.25, -0.2) is 8.42 Å². The van der Waals surface area contributed by atoms with Crippen molar-refractivity contribution in [1.82, 2.24) is 9.29 Å². The minimum atomic E-state index is -3.47. The van der Waals surface area contributed by atoms with Crippen LogP contribution in [0.15, 0.2) is 24.4 Å². The summed E-state index contributed by atoms with van der Waals surface area (Å²) < 4.78 is 30.6. The number of carbonyl (C=O) groups is 1. The molecule has 1 saturated heterocycles. The molecule has 0 radical (unpaired) electrons. The molecule has 0 aromatic carbocycles. The highest BCUT2D eigenvalue weighted by atomic mass is 32.2. The van der Waals surface area contributed by atoms with Crippen molar-refractivity contribution in [2.24, 2.45) is 0 Å². The Morgan fingerprint density at radius 2 is 2.30 bits per heavy atom. The molecule has 1 aromatic rings. The minimum Gasteiger partial charge on any atom is -0.468 e. The molecule has 0 spiro atoms. The van der Waals surface area contributed by atoms with Crippen molar-refractivity contribution in [3.63, 3.8) is 0 Å². The Morgan fingerprint density at radius 3 is 2.95 bits per heavy atom. The highest BCUT2D eigenvalue weighted by Crippen LogP contribution is 2.22. The summed E-state index contributed by atoms with van der Waals surface area (Å²) >= 11 is 0. The molecule has 2 rings (SSSR count). The van der Waals surface area contributed by atoms with Crippen molar-refractivity contribution < 1.29 is 17.9 Å². The first-order valence-electron chi connectivity index (χ1n) is 6.52. The molecule has 1 unspecified atom stereocenters. The maximum absolute atomic E-state index is 12.3. The summed E-state index contributed by atoms with van der Waals surface area (Å²) in [5, 5.41) is 0. The molecule has 1 aliphatic rings. The third-order valence-electron chi connectivity index (χ3n) is 3.38. The van der Waals surface area contributed by atoms with Crippen molar-refractivity contribution in [3.8, 4) is 0 Å². The summed E-state index contributed by atoms with van der Waals surface area (Å²) in [6, 6.07) is 4.72. The number of carbonyl (C=O) groups excluding carboxylic acids is 1. The van der Waals surface area contributed by atoms with Crippen LogP contribution < -0.4 is 0 Å². The lowest BCUT2D eigenvalue weighted by molar-refractivity contribution is -0.144. The van der Waals surface area contributed by atoms with E-state index in [2.05, 4.69) is 9.72 Å². The third kappa shape index (κ3) is 3.34. The maximum Gasteiger partial charge on any atom is 0.324 e. The number of rotatable bonds is 5. The van der Waals surface area contributed by atoms with Crippen LogP contribution in [0.4, 0.5) is 0 Å². The van der Waals surface area contributed by atoms with Gasteiger partial charge in [0.25, 0.3) is 0 Å². The lowest BCUT2D eigenvalue weighted by Crippen LogP contribution is -2.42. The van der Waals surface area contributed by atoms with E-state index in [9.17, 15) is 13.2 Å². The van der Waals surface area contributed by atoms with Gasteiger partial charge in [0.15, 0.2) is 0 Å². The van der Waals surface area contributed by atoms with Gasteiger partial charge in [0.2, 0.25) is 10.0 Å². The van der Waals surface area contributed by atoms with Gasteiger partial charge in [-0.15, -0.1) is 0 Å². The summed E-state index contributed by atoms with van der Waals surface area (Å²) in [5.41, 5.74) is 0.727. The molecule has 0 aliphatic carbocycles. The number of aromatic nitrogens is 1. The number of pyridine rings is 1. The highest BCUT2D eigenvalue weighted by Gasteiger charge is 2.38. The Bertz CT molecular complexity index is 559. The predicted molar refractivity (Wildman–Crippen MR) is 73.5 cm³/mol. The maximum atomic E-state index is 12.3. The Morgan fingerprint density at radius 1 is 1.50 bits per heavy atom. The second-order valence-corrected chi connectivity index (χ2v) is 6.72. The number of ether oxygens (including phenoxy) is 1. The standard InChI is InChI=1S/C13H18N2O4S/c1-19-13(16)12-6-4-9-15(12)20(17,18)10-7-11-5-2-3-8-14-11/h2-3,5,8,12H,4,6-7,9-10H2,1H3. The average molecular weight is 298 g/mol. The Hall–Kier alpha value is -1.47. The van der Waals surface area contributed by atoms with Crippen LogP contribution in [0.5, 0.6) is 0 Å². The van der Waals surface area contributed by atoms with E-state index in [0.717, 1.165) is 5.69 Å². The van der Waals surface area contributed by atoms with Gasteiger partial charge in [0.05, 0.1) is 12.9 Å². The molecule has 1 fully saturated rings. The molecule has 0 saturated carbocycles. The van der Waals surface area contributed by atoms with E-state index in [-0.39, 0.29) is 5.75 Å². The van der Waals surface area contributed by atoms with Crippen LogP contribution >= 0.6 is 0 Å².